The van der Waals surface area contributed by atoms with Crippen molar-refractivity contribution in [1.29, 1.82) is 0 Å². The molecule has 6 heteroatoms. The summed E-state index contributed by atoms with van der Waals surface area (Å²) in [6, 6.07) is 1.88. The van der Waals surface area contributed by atoms with Gasteiger partial charge in [-0.1, -0.05) is 0 Å². The molecule has 1 aromatic rings. The van der Waals surface area contributed by atoms with Crippen molar-refractivity contribution in [3.05, 3.63) is 29.8 Å². The average Bonchev–Trinajstić information content (AvgIpc) is 2.39. The van der Waals surface area contributed by atoms with E-state index in [2.05, 4.69) is 4.98 Å². The number of aromatic nitrogens is 1. The van der Waals surface area contributed by atoms with Gasteiger partial charge in [-0.15, -0.1) is 0 Å². The third-order valence-electron chi connectivity index (χ3n) is 2.56. The fourth-order valence-corrected chi connectivity index (χ4v) is 1.66. The van der Waals surface area contributed by atoms with Gasteiger partial charge in [-0.25, -0.2) is 4.98 Å². The van der Waals surface area contributed by atoms with Crippen molar-refractivity contribution < 1.29 is 18.7 Å². The van der Waals surface area contributed by atoms with Gasteiger partial charge >= 0.3 is 0 Å². The largest absolute Gasteiger partial charge is 0.377 e. The van der Waals surface area contributed by atoms with Crippen molar-refractivity contribution in [1.82, 2.24) is 9.88 Å². The van der Waals surface area contributed by atoms with Gasteiger partial charge in [0.25, 0.3) is 5.91 Å². The topological polar surface area (TPSA) is 59.5 Å². The predicted octanol–water partition coefficient (Wildman–Crippen LogP) is 0.261. The molecule has 1 aromatic heterocycles. The number of ether oxygens (including phenoxy) is 1. The number of nitrogens with zero attached hydrogens (tertiary/aromatic N) is 2. The van der Waals surface area contributed by atoms with Gasteiger partial charge in [0, 0.05) is 12.7 Å². The maximum Gasteiger partial charge on any atom is 0.256 e. The molecular weight excluding hydrogens is 227 g/mol. The zero-order valence-corrected chi connectivity index (χ0v) is 9.01. The molecule has 0 aromatic carbocycles. The first-order valence-electron chi connectivity index (χ1n) is 5.18. The van der Waals surface area contributed by atoms with E-state index in [1.165, 1.54) is 11.0 Å². The van der Waals surface area contributed by atoms with Crippen LogP contribution in [0.3, 0.4) is 0 Å². The van der Waals surface area contributed by atoms with E-state index in [4.69, 9.17) is 4.74 Å². The molecule has 0 spiro atoms. The van der Waals surface area contributed by atoms with Gasteiger partial charge in [0.05, 0.1) is 18.8 Å². The quantitative estimate of drug-likeness (QED) is 0.548. The summed E-state index contributed by atoms with van der Waals surface area (Å²) < 4.78 is 17.7. The first-order chi connectivity index (χ1) is 8.22. The van der Waals surface area contributed by atoms with E-state index in [9.17, 15) is 14.0 Å². The summed E-state index contributed by atoms with van der Waals surface area (Å²) in [5.41, 5.74) is 0.264. The molecule has 1 unspecified atom stereocenters. The average molecular weight is 238 g/mol. The SMILES string of the molecule is O=CC1COCCN1C(=O)c1ccc(F)nc1. The van der Waals surface area contributed by atoms with Crippen LogP contribution in [-0.2, 0) is 9.53 Å². The molecule has 2 heterocycles. The minimum atomic E-state index is -0.643. The number of morpholine rings is 1. The van der Waals surface area contributed by atoms with Crippen LogP contribution < -0.4 is 0 Å². The van der Waals surface area contributed by atoms with Crippen molar-refractivity contribution in [2.45, 2.75) is 6.04 Å². The first kappa shape index (κ1) is 11.7. The van der Waals surface area contributed by atoms with E-state index in [1.54, 1.807) is 0 Å². The molecule has 0 bridgehead atoms. The van der Waals surface area contributed by atoms with E-state index < -0.39 is 12.0 Å². The fourth-order valence-electron chi connectivity index (χ4n) is 1.66. The molecule has 0 N–H and O–H groups in total. The molecule has 5 nitrogen and oxygen atoms in total. The molecule has 0 saturated carbocycles. The molecule has 1 amide bonds. The van der Waals surface area contributed by atoms with Gasteiger partial charge in [-0.3, -0.25) is 4.79 Å². The van der Waals surface area contributed by atoms with Crippen LogP contribution in [0.2, 0.25) is 0 Å². The maximum absolute atomic E-state index is 12.6. The lowest BCUT2D eigenvalue weighted by atomic mass is 10.2. The molecule has 0 aliphatic carbocycles. The molecule has 0 radical (unpaired) electrons. The summed E-state index contributed by atoms with van der Waals surface area (Å²) in [5, 5.41) is 0. The van der Waals surface area contributed by atoms with Crippen LogP contribution in [0.1, 0.15) is 10.4 Å². The molecule has 1 aliphatic heterocycles. The number of rotatable bonds is 2. The summed E-state index contributed by atoms with van der Waals surface area (Å²) in [4.78, 5) is 27.7. The molecule has 1 aliphatic rings. The van der Waals surface area contributed by atoms with Gasteiger partial charge in [0.1, 0.15) is 12.3 Å². The van der Waals surface area contributed by atoms with Crippen LogP contribution in [0, 0.1) is 5.95 Å². The zero-order valence-electron chi connectivity index (χ0n) is 9.01. The van der Waals surface area contributed by atoms with Gasteiger partial charge in [-0.05, 0) is 12.1 Å². The van der Waals surface area contributed by atoms with Crippen LogP contribution in [-0.4, -0.2) is 47.9 Å². The summed E-state index contributed by atoms with van der Waals surface area (Å²) in [6.45, 7) is 0.939. The van der Waals surface area contributed by atoms with Crippen molar-refractivity contribution >= 4 is 12.2 Å². The maximum atomic E-state index is 12.6. The minimum Gasteiger partial charge on any atom is -0.377 e. The summed E-state index contributed by atoms with van der Waals surface area (Å²) in [7, 11) is 0. The van der Waals surface area contributed by atoms with Crippen LogP contribution in [0.5, 0.6) is 0 Å². The highest BCUT2D eigenvalue weighted by atomic mass is 19.1. The molecule has 1 saturated heterocycles. The Bertz CT molecular complexity index is 421. The fraction of sp³-hybridized carbons (Fsp3) is 0.364. The van der Waals surface area contributed by atoms with Gasteiger partial charge in [0.15, 0.2) is 0 Å². The van der Waals surface area contributed by atoms with Gasteiger partial charge < -0.3 is 14.4 Å². The third kappa shape index (κ3) is 2.47. The lowest BCUT2D eigenvalue weighted by Crippen LogP contribution is -2.49. The molecule has 2 rings (SSSR count). The highest BCUT2D eigenvalue weighted by Gasteiger charge is 2.27. The summed E-state index contributed by atoms with van der Waals surface area (Å²) in [6.07, 6.45) is 1.84. The number of pyridine rings is 1. The monoisotopic (exact) mass is 238 g/mol. The molecular formula is C11H11FN2O3. The van der Waals surface area contributed by atoms with E-state index in [1.807, 2.05) is 0 Å². The van der Waals surface area contributed by atoms with Crippen molar-refractivity contribution in [2.75, 3.05) is 19.8 Å². The Hall–Kier alpha value is -1.82. The lowest BCUT2D eigenvalue weighted by molar-refractivity contribution is -0.116. The molecule has 1 fully saturated rings. The van der Waals surface area contributed by atoms with Crippen LogP contribution in [0.15, 0.2) is 18.3 Å². The van der Waals surface area contributed by atoms with E-state index in [-0.39, 0.29) is 18.1 Å². The Morgan fingerprint density at radius 3 is 3.06 bits per heavy atom. The Kier molecular flexibility index (Phi) is 3.43. The predicted molar refractivity (Wildman–Crippen MR) is 55.9 cm³/mol. The first-order valence-corrected chi connectivity index (χ1v) is 5.18. The smallest absolute Gasteiger partial charge is 0.256 e. The number of carbonyl (C=O) groups excluding carboxylic acids is 2. The number of hydrogen-bond donors (Lipinski definition) is 0. The number of amides is 1. The van der Waals surface area contributed by atoms with Crippen molar-refractivity contribution in [3.63, 3.8) is 0 Å². The van der Waals surface area contributed by atoms with E-state index in [0.29, 0.717) is 19.4 Å². The Labute approximate surface area is 97.2 Å². The number of hydrogen-bond acceptors (Lipinski definition) is 4. The molecule has 90 valence electrons. The Morgan fingerprint density at radius 2 is 2.41 bits per heavy atom. The third-order valence-corrected chi connectivity index (χ3v) is 2.56. The van der Waals surface area contributed by atoms with E-state index in [0.717, 1.165) is 12.3 Å². The highest BCUT2D eigenvalue weighted by Crippen LogP contribution is 2.11. The van der Waals surface area contributed by atoms with Crippen LogP contribution in [0.4, 0.5) is 4.39 Å². The number of aldehydes is 1. The number of halogens is 1. The van der Waals surface area contributed by atoms with E-state index >= 15 is 0 Å². The van der Waals surface area contributed by atoms with Crippen LogP contribution in [0.25, 0.3) is 0 Å². The van der Waals surface area contributed by atoms with Gasteiger partial charge in [-0.2, -0.15) is 4.39 Å². The second-order valence-corrected chi connectivity index (χ2v) is 3.65. The second kappa shape index (κ2) is 5.01. The highest BCUT2D eigenvalue weighted by molar-refractivity contribution is 5.95. The zero-order chi connectivity index (χ0) is 12.3. The number of carbonyl (C=O) groups is 2. The van der Waals surface area contributed by atoms with Gasteiger partial charge in [0.2, 0.25) is 5.95 Å². The Morgan fingerprint density at radius 1 is 1.59 bits per heavy atom. The normalized spacial score (nSPS) is 20.1. The standard InChI is InChI=1S/C11H11FN2O3/c12-10-2-1-8(5-13-10)11(16)14-3-4-17-7-9(14)6-15/h1-2,5-6,9H,3-4,7H2. The minimum absolute atomic E-state index is 0.198. The molecule has 17 heavy (non-hydrogen) atoms. The Balaban J connectivity index is 2.18. The molecule has 1 atom stereocenters. The van der Waals surface area contributed by atoms with Crippen molar-refractivity contribution in [3.8, 4) is 0 Å². The van der Waals surface area contributed by atoms with Crippen LogP contribution >= 0.6 is 0 Å². The second-order valence-electron chi connectivity index (χ2n) is 3.65. The lowest BCUT2D eigenvalue weighted by Gasteiger charge is -2.32. The summed E-state index contributed by atoms with van der Waals surface area (Å²) >= 11 is 0. The summed E-state index contributed by atoms with van der Waals surface area (Å²) in [5.74, 6) is -0.978. The van der Waals surface area contributed by atoms with Crippen molar-refractivity contribution in [2.24, 2.45) is 0 Å².